The maximum atomic E-state index is 14.5. The van der Waals surface area contributed by atoms with Crippen LogP contribution >= 0.6 is 0 Å². The monoisotopic (exact) mass is 391 g/mol. The quantitative estimate of drug-likeness (QED) is 0.626. The van der Waals surface area contributed by atoms with Gasteiger partial charge >= 0.3 is 6.09 Å². The summed E-state index contributed by atoms with van der Waals surface area (Å²) in [6, 6.07) is 3.27. The summed E-state index contributed by atoms with van der Waals surface area (Å²) in [4.78, 5) is 15.9. The summed E-state index contributed by atoms with van der Waals surface area (Å²) in [7, 11) is 0. The molecule has 150 valence electrons. The minimum absolute atomic E-state index is 0.139. The van der Waals surface area contributed by atoms with Crippen LogP contribution in [0.2, 0.25) is 0 Å². The Morgan fingerprint density at radius 3 is 2.96 bits per heavy atom. The molecule has 4 rings (SSSR count). The number of carbonyl (C=O) groups is 1. The van der Waals surface area contributed by atoms with Crippen LogP contribution < -0.4 is 10.6 Å². The van der Waals surface area contributed by atoms with Crippen LogP contribution in [0.15, 0.2) is 24.5 Å². The molecule has 0 radical (unpaired) electrons. The number of H-pyrrole nitrogens is 1. The first-order valence-electron chi connectivity index (χ1n) is 9.60. The highest BCUT2D eigenvalue weighted by Crippen LogP contribution is 2.37. The first-order chi connectivity index (χ1) is 13.5. The Morgan fingerprint density at radius 2 is 2.07 bits per heavy atom. The van der Waals surface area contributed by atoms with E-state index < -0.39 is 12.0 Å². The molecule has 2 aliphatic rings. The van der Waals surface area contributed by atoms with E-state index in [1.165, 1.54) is 18.5 Å². The second-order valence-electron chi connectivity index (χ2n) is 7.42. The van der Waals surface area contributed by atoms with Crippen LogP contribution in [-0.2, 0) is 10.7 Å². The maximum absolute atomic E-state index is 14.5. The van der Waals surface area contributed by atoms with E-state index >= 15 is 0 Å². The molecule has 1 amide bonds. The van der Waals surface area contributed by atoms with E-state index in [0.29, 0.717) is 24.5 Å². The second kappa shape index (κ2) is 7.73. The number of halogens is 2. The topological polar surface area (TPSA) is 91.9 Å². The van der Waals surface area contributed by atoms with E-state index in [1.54, 1.807) is 0 Å². The summed E-state index contributed by atoms with van der Waals surface area (Å²) in [5.74, 6) is -2.24. The van der Waals surface area contributed by atoms with Crippen LogP contribution in [-0.4, -0.2) is 33.9 Å². The number of ether oxygens (including phenoxy) is 1. The van der Waals surface area contributed by atoms with E-state index in [9.17, 15) is 13.6 Å². The van der Waals surface area contributed by atoms with Crippen LogP contribution in [0.4, 0.5) is 25.1 Å². The number of aromatic amines is 1. The fourth-order valence-corrected chi connectivity index (χ4v) is 3.80. The lowest BCUT2D eigenvalue weighted by molar-refractivity contribution is -0.0159. The third kappa shape index (κ3) is 4.23. The molecule has 7 nitrogen and oxygen atoms in total. The van der Waals surface area contributed by atoms with E-state index in [2.05, 4.69) is 25.8 Å². The molecule has 0 spiro atoms. The molecule has 2 aromatic rings. The van der Waals surface area contributed by atoms with Crippen molar-refractivity contribution in [2.24, 2.45) is 0 Å². The normalized spacial score (nSPS) is 25.0. The summed E-state index contributed by atoms with van der Waals surface area (Å²) >= 11 is 0. The largest absolute Gasteiger partial charge is 0.446 e. The Balaban J connectivity index is 1.57. The van der Waals surface area contributed by atoms with Gasteiger partial charge in [0.15, 0.2) is 5.82 Å². The molecule has 1 saturated carbocycles. The van der Waals surface area contributed by atoms with Gasteiger partial charge in [-0.25, -0.2) is 13.6 Å². The average Bonchev–Trinajstić information content (AvgIpc) is 3.30. The highest BCUT2D eigenvalue weighted by molar-refractivity contribution is 5.67. The summed E-state index contributed by atoms with van der Waals surface area (Å²) in [6.07, 6.45) is 4.90. The minimum atomic E-state index is -2.99. The number of amides is 1. The van der Waals surface area contributed by atoms with E-state index in [0.717, 1.165) is 25.0 Å². The number of nitrogens with one attached hydrogen (secondary N) is 3. The number of alkyl carbamates (subject to hydrolysis) is 1. The number of hydrogen-bond donors (Lipinski definition) is 3. The lowest BCUT2D eigenvalue weighted by Gasteiger charge is -2.17. The number of alkyl halides is 2. The number of hydrogen-bond acceptors (Lipinski definition) is 5. The number of anilines is 2. The fraction of sp³-hybridized carbons (Fsp3) is 0.526. The third-order valence-corrected chi connectivity index (χ3v) is 5.32. The molecule has 1 aliphatic carbocycles. The van der Waals surface area contributed by atoms with Crippen molar-refractivity contribution in [3.63, 3.8) is 0 Å². The van der Waals surface area contributed by atoms with Crippen LogP contribution in [0.1, 0.15) is 55.7 Å². The highest BCUT2D eigenvalue weighted by atomic mass is 19.3. The lowest BCUT2D eigenvalue weighted by Crippen LogP contribution is -2.29. The van der Waals surface area contributed by atoms with Crippen molar-refractivity contribution in [2.45, 2.75) is 56.5 Å². The molecule has 2 atom stereocenters. The zero-order valence-corrected chi connectivity index (χ0v) is 15.4. The number of carbonyl (C=O) groups excluding carboxylic acids is 1. The summed E-state index contributed by atoms with van der Waals surface area (Å²) in [6.45, 7) is 0.314. The van der Waals surface area contributed by atoms with Gasteiger partial charge in [0.05, 0.1) is 11.9 Å². The molecule has 3 N–H and O–H groups in total. The molecule has 9 heteroatoms. The van der Waals surface area contributed by atoms with Crippen molar-refractivity contribution in [3.05, 3.63) is 35.8 Å². The van der Waals surface area contributed by atoms with Gasteiger partial charge in [0.25, 0.3) is 5.92 Å². The van der Waals surface area contributed by atoms with Crippen LogP contribution in [0, 0.1) is 0 Å². The molecule has 1 aliphatic heterocycles. The molecule has 6 bridgehead atoms. The maximum Gasteiger partial charge on any atom is 0.407 e. The molecular weight excluding hydrogens is 368 g/mol. The fourth-order valence-electron chi connectivity index (χ4n) is 3.80. The van der Waals surface area contributed by atoms with Gasteiger partial charge in [-0.15, -0.1) is 0 Å². The molecule has 0 saturated heterocycles. The first kappa shape index (κ1) is 18.6. The van der Waals surface area contributed by atoms with Gasteiger partial charge in [-0.2, -0.15) is 5.10 Å². The number of pyridine rings is 1. The predicted octanol–water partition coefficient (Wildman–Crippen LogP) is 4.19. The first-order valence-corrected chi connectivity index (χ1v) is 9.60. The second-order valence-corrected chi connectivity index (χ2v) is 7.42. The summed E-state index contributed by atoms with van der Waals surface area (Å²) in [5.41, 5.74) is 1.26. The molecule has 28 heavy (non-hydrogen) atoms. The molecule has 3 heterocycles. The van der Waals surface area contributed by atoms with Crippen molar-refractivity contribution in [1.29, 1.82) is 0 Å². The highest BCUT2D eigenvalue weighted by Gasteiger charge is 2.32. The van der Waals surface area contributed by atoms with Crippen molar-refractivity contribution in [3.8, 4) is 0 Å². The van der Waals surface area contributed by atoms with Crippen molar-refractivity contribution < 1.29 is 18.3 Å². The number of aromatic nitrogens is 3. The van der Waals surface area contributed by atoms with E-state index in [4.69, 9.17) is 4.74 Å². The lowest BCUT2D eigenvalue weighted by atomic mass is 10.0. The van der Waals surface area contributed by atoms with Gasteiger partial charge in [-0.1, -0.05) is 0 Å². The zero-order chi connectivity index (χ0) is 19.6. The van der Waals surface area contributed by atoms with Gasteiger partial charge in [-0.3, -0.25) is 10.1 Å². The van der Waals surface area contributed by atoms with Crippen molar-refractivity contribution in [2.75, 3.05) is 11.9 Å². The standard InChI is InChI=1S/C19H23F2N5O2/c20-19(21)5-1-2-6-23-18(27)28-15-4-3-12(7-15)16-9-17(26-25-16)24-14-8-13(19)10-22-11-14/h8-12,15H,1-7H2,(H,23,27)(H2,24,25,26)/t12-,15+/m0/s1. The molecule has 0 aromatic carbocycles. The smallest absolute Gasteiger partial charge is 0.407 e. The number of fused-ring (bicyclic) bond motifs is 7. The molecule has 0 unspecified atom stereocenters. The van der Waals surface area contributed by atoms with Crippen LogP contribution in [0.25, 0.3) is 0 Å². The van der Waals surface area contributed by atoms with Gasteiger partial charge < -0.3 is 15.4 Å². The molecular formula is C19H23F2N5O2. The van der Waals surface area contributed by atoms with Crippen molar-refractivity contribution >= 4 is 17.6 Å². The van der Waals surface area contributed by atoms with Crippen LogP contribution in [0.3, 0.4) is 0 Å². The van der Waals surface area contributed by atoms with Crippen LogP contribution in [0.5, 0.6) is 0 Å². The Kier molecular flexibility index (Phi) is 5.15. The summed E-state index contributed by atoms with van der Waals surface area (Å²) < 4.78 is 34.5. The van der Waals surface area contributed by atoms with Gasteiger partial charge in [0, 0.05) is 42.4 Å². The third-order valence-electron chi connectivity index (χ3n) is 5.32. The predicted molar refractivity (Wildman–Crippen MR) is 98.7 cm³/mol. The zero-order valence-electron chi connectivity index (χ0n) is 15.4. The Labute approximate surface area is 161 Å². The van der Waals surface area contributed by atoms with Gasteiger partial charge in [0.1, 0.15) is 6.10 Å². The SMILES string of the molecule is O=C1NCCCCC(F)(F)c2cncc(c2)Nc2cc([nH]n2)[C@H]2CC[C@H](C2)O1. The Bertz CT molecular complexity index is 841. The minimum Gasteiger partial charge on any atom is -0.446 e. The average molecular weight is 391 g/mol. The Hall–Kier alpha value is -2.71. The van der Waals surface area contributed by atoms with E-state index in [-0.39, 0.29) is 30.4 Å². The van der Waals surface area contributed by atoms with Crippen molar-refractivity contribution in [1.82, 2.24) is 20.5 Å². The van der Waals surface area contributed by atoms with Gasteiger partial charge in [-0.05, 0) is 38.2 Å². The van der Waals surface area contributed by atoms with E-state index in [1.807, 2.05) is 6.07 Å². The van der Waals surface area contributed by atoms with Gasteiger partial charge in [0.2, 0.25) is 0 Å². The molecule has 1 fully saturated rings. The summed E-state index contributed by atoms with van der Waals surface area (Å²) in [5, 5.41) is 12.9. The number of nitrogens with zero attached hydrogens (tertiary/aromatic N) is 2. The number of rotatable bonds is 0. The Morgan fingerprint density at radius 1 is 1.18 bits per heavy atom. The molecule has 2 aromatic heterocycles.